The molecule has 0 saturated carbocycles. The molecule has 1 heterocycles. The van der Waals surface area contributed by atoms with E-state index < -0.39 is 10.8 Å². The molecule has 0 bridgehead atoms. The fraction of sp³-hybridized carbons (Fsp3) is 0.0909. The quantitative estimate of drug-likeness (QED) is 0.311. The van der Waals surface area contributed by atoms with Crippen LogP contribution in [0.25, 0.3) is 21.9 Å². The van der Waals surface area contributed by atoms with Crippen molar-refractivity contribution >= 4 is 39.2 Å². The molecule has 0 radical (unpaired) electrons. The second kappa shape index (κ2) is 6.87. The van der Waals surface area contributed by atoms with Gasteiger partial charge in [0.2, 0.25) is 5.43 Å². The summed E-state index contributed by atoms with van der Waals surface area (Å²) in [4.78, 5) is 35.6. The average molecular weight is 388 g/mol. The number of carbonyl (C=O) groups excluding carboxylic acids is 1. The lowest BCUT2D eigenvalue weighted by Gasteiger charge is -2.09. The summed E-state index contributed by atoms with van der Waals surface area (Å²) in [5.74, 6) is -0.497. The number of benzene rings is 3. The fourth-order valence-electron chi connectivity index (χ4n) is 3.19. The average Bonchev–Trinajstić information content (AvgIpc) is 2.71. The third-order valence-corrected chi connectivity index (χ3v) is 4.94. The second-order valence-electron chi connectivity index (χ2n) is 6.79. The van der Waals surface area contributed by atoms with E-state index in [1.165, 1.54) is 24.3 Å². The van der Waals surface area contributed by atoms with Crippen molar-refractivity contribution in [3.63, 3.8) is 0 Å². The summed E-state index contributed by atoms with van der Waals surface area (Å²) < 4.78 is 5.98. The Morgan fingerprint density at radius 1 is 1.03 bits per heavy atom. The molecular formula is C22H16N2O5. The molecule has 3 aromatic carbocycles. The van der Waals surface area contributed by atoms with E-state index in [0.29, 0.717) is 27.6 Å². The molecule has 0 unspecified atom stereocenters. The standard InChI is InChI=1S/C22H16N2O5/c1-12-6-8-18-20(25)17-9-7-15(11-19(17)29-21(18)13(12)2)23-22(26)14-4-3-5-16(10-14)24(27)28/h3-11H,1-2H3,(H,23,26). The Morgan fingerprint density at radius 3 is 2.55 bits per heavy atom. The molecule has 1 amide bonds. The van der Waals surface area contributed by atoms with Gasteiger partial charge in [-0.05, 0) is 49.2 Å². The summed E-state index contributed by atoms with van der Waals surface area (Å²) in [6, 6.07) is 13.9. The third kappa shape index (κ3) is 3.23. The van der Waals surface area contributed by atoms with Crippen molar-refractivity contribution < 1.29 is 14.1 Å². The number of nitro groups is 1. The summed E-state index contributed by atoms with van der Waals surface area (Å²) in [7, 11) is 0. The summed E-state index contributed by atoms with van der Waals surface area (Å²) in [6.07, 6.45) is 0. The van der Waals surface area contributed by atoms with Gasteiger partial charge in [-0.2, -0.15) is 0 Å². The molecule has 144 valence electrons. The van der Waals surface area contributed by atoms with Gasteiger partial charge in [0, 0.05) is 29.4 Å². The number of hydrogen-bond acceptors (Lipinski definition) is 5. The second-order valence-corrected chi connectivity index (χ2v) is 6.79. The minimum absolute atomic E-state index is 0.138. The number of non-ortho nitro benzene ring substituents is 1. The minimum Gasteiger partial charge on any atom is -0.455 e. The zero-order valence-corrected chi connectivity index (χ0v) is 15.7. The summed E-state index contributed by atoms with van der Waals surface area (Å²) in [5.41, 5.74) is 3.04. The predicted octanol–water partition coefficient (Wildman–Crippen LogP) is 4.72. The Labute approximate surface area is 164 Å². The maximum Gasteiger partial charge on any atom is 0.270 e. The van der Waals surface area contributed by atoms with Gasteiger partial charge in [-0.1, -0.05) is 12.1 Å². The Kier molecular flexibility index (Phi) is 4.35. The SMILES string of the molecule is Cc1ccc2c(=O)c3ccc(NC(=O)c4cccc([N+](=O)[O-])c4)cc3oc2c1C. The van der Waals surface area contributed by atoms with Crippen LogP contribution in [0.2, 0.25) is 0 Å². The van der Waals surface area contributed by atoms with E-state index in [2.05, 4.69) is 5.32 Å². The van der Waals surface area contributed by atoms with Gasteiger partial charge >= 0.3 is 0 Å². The smallest absolute Gasteiger partial charge is 0.270 e. The molecule has 0 aliphatic carbocycles. The van der Waals surface area contributed by atoms with Crippen molar-refractivity contribution in [2.75, 3.05) is 5.32 Å². The van der Waals surface area contributed by atoms with E-state index in [4.69, 9.17) is 4.42 Å². The maximum atomic E-state index is 12.8. The molecule has 4 rings (SSSR count). The predicted molar refractivity (Wildman–Crippen MR) is 111 cm³/mol. The van der Waals surface area contributed by atoms with E-state index >= 15 is 0 Å². The van der Waals surface area contributed by atoms with Crippen molar-refractivity contribution in [2.45, 2.75) is 13.8 Å². The van der Waals surface area contributed by atoms with Crippen LogP contribution in [0.4, 0.5) is 11.4 Å². The van der Waals surface area contributed by atoms with Crippen LogP contribution < -0.4 is 10.7 Å². The van der Waals surface area contributed by atoms with Gasteiger partial charge in [0.1, 0.15) is 11.2 Å². The Hall–Kier alpha value is -4.00. The van der Waals surface area contributed by atoms with E-state index in [0.717, 1.165) is 11.1 Å². The Balaban J connectivity index is 1.75. The van der Waals surface area contributed by atoms with Crippen LogP contribution in [0.5, 0.6) is 0 Å². The molecule has 7 heteroatoms. The first-order valence-electron chi connectivity index (χ1n) is 8.88. The van der Waals surface area contributed by atoms with Crippen LogP contribution >= 0.6 is 0 Å². The van der Waals surface area contributed by atoms with Gasteiger partial charge in [-0.25, -0.2) is 0 Å². The molecule has 0 atom stereocenters. The number of nitrogens with zero attached hydrogens (tertiary/aromatic N) is 1. The van der Waals surface area contributed by atoms with Crippen LogP contribution in [0, 0.1) is 24.0 Å². The van der Waals surface area contributed by atoms with E-state index in [9.17, 15) is 19.7 Å². The van der Waals surface area contributed by atoms with Crippen LogP contribution in [0.15, 0.2) is 63.8 Å². The molecule has 0 saturated heterocycles. The highest BCUT2D eigenvalue weighted by Gasteiger charge is 2.14. The van der Waals surface area contributed by atoms with Gasteiger partial charge in [0.05, 0.1) is 15.7 Å². The van der Waals surface area contributed by atoms with E-state index in [1.807, 2.05) is 19.9 Å². The number of hydrogen-bond donors (Lipinski definition) is 1. The first-order valence-corrected chi connectivity index (χ1v) is 8.88. The molecule has 0 aliphatic heterocycles. The molecular weight excluding hydrogens is 372 g/mol. The molecule has 4 aromatic rings. The molecule has 1 aromatic heterocycles. The normalized spacial score (nSPS) is 11.0. The molecule has 29 heavy (non-hydrogen) atoms. The van der Waals surface area contributed by atoms with Crippen LogP contribution in [0.1, 0.15) is 21.5 Å². The van der Waals surface area contributed by atoms with Crippen molar-refractivity contribution in [2.24, 2.45) is 0 Å². The first kappa shape index (κ1) is 18.4. The number of amides is 1. The van der Waals surface area contributed by atoms with Gasteiger partial charge in [0.25, 0.3) is 11.6 Å². The zero-order valence-electron chi connectivity index (χ0n) is 15.7. The topological polar surface area (TPSA) is 102 Å². The van der Waals surface area contributed by atoms with E-state index in [1.54, 1.807) is 24.3 Å². The highest BCUT2D eigenvalue weighted by Crippen LogP contribution is 2.26. The number of nitrogens with one attached hydrogen (secondary N) is 1. The Bertz CT molecular complexity index is 1370. The lowest BCUT2D eigenvalue weighted by Crippen LogP contribution is -2.12. The van der Waals surface area contributed by atoms with Crippen molar-refractivity contribution in [1.29, 1.82) is 0 Å². The minimum atomic E-state index is -0.559. The monoisotopic (exact) mass is 388 g/mol. The third-order valence-electron chi connectivity index (χ3n) is 4.94. The van der Waals surface area contributed by atoms with E-state index in [-0.39, 0.29) is 16.7 Å². The number of carbonyl (C=O) groups is 1. The molecule has 0 fully saturated rings. The highest BCUT2D eigenvalue weighted by atomic mass is 16.6. The lowest BCUT2D eigenvalue weighted by atomic mass is 10.0. The fourth-order valence-corrected chi connectivity index (χ4v) is 3.19. The molecule has 0 spiro atoms. The molecule has 7 nitrogen and oxygen atoms in total. The number of fused-ring (bicyclic) bond motifs is 2. The number of nitro benzene ring substituents is 1. The lowest BCUT2D eigenvalue weighted by molar-refractivity contribution is -0.384. The zero-order chi connectivity index (χ0) is 20.7. The first-order chi connectivity index (χ1) is 13.8. The van der Waals surface area contributed by atoms with Crippen molar-refractivity contribution in [3.8, 4) is 0 Å². The maximum absolute atomic E-state index is 12.8. The van der Waals surface area contributed by atoms with Crippen molar-refractivity contribution in [1.82, 2.24) is 0 Å². The van der Waals surface area contributed by atoms with Crippen LogP contribution in [-0.4, -0.2) is 10.8 Å². The highest BCUT2D eigenvalue weighted by molar-refractivity contribution is 6.05. The number of rotatable bonds is 3. The number of anilines is 1. The molecule has 0 aliphatic rings. The Morgan fingerprint density at radius 2 is 1.79 bits per heavy atom. The van der Waals surface area contributed by atoms with Crippen LogP contribution in [-0.2, 0) is 0 Å². The molecule has 1 N–H and O–H groups in total. The number of aryl methyl sites for hydroxylation is 2. The van der Waals surface area contributed by atoms with Gasteiger partial charge in [0.15, 0.2) is 0 Å². The van der Waals surface area contributed by atoms with Gasteiger partial charge < -0.3 is 9.73 Å². The van der Waals surface area contributed by atoms with Crippen LogP contribution in [0.3, 0.4) is 0 Å². The summed E-state index contributed by atoms with van der Waals surface area (Å²) >= 11 is 0. The largest absolute Gasteiger partial charge is 0.455 e. The van der Waals surface area contributed by atoms with Gasteiger partial charge in [-0.15, -0.1) is 0 Å². The van der Waals surface area contributed by atoms with Crippen molar-refractivity contribution in [3.05, 3.63) is 91.6 Å². The summed E-state index contributed by atoms with van der Waals surface area (Å²) in [5, 5.41) is 14.5. The summed E-state index contributed by atoms with van der Waals surface area (Å²) in [6.45, 7) is 3.83. The van der Waals surface area contributed by atoms with Gasteiger partial charge in [-0.3, -0.25) is 19.7 Å².